The lowest BCUT2D eigenvalue weighted by molar-refractivity contribution is -0.199. The minimum atomic E-state index is -0.596. The zero-order valence-corrected chi connectivity index (χ0v) is 15.4. The van der Waals surface area contributed by atoms with Gasteiger partial charge in [-0.25, -0.2) is 0 Å². The van der Waals surface area contributed by atoms with Crippen LogP contribution >= 0.6 is 23.6 Å². The van der Waals surface area contributed by atoms with Crippen LogP contribution in [0, 0.1) is 11.8 Å². The Bertz CT molecular complexity index is 648. The summed E-state index contributed by atoms with van der Waals surface area (Å²) in [7, 11) is 0. The maximum Gasteiger partial charge on any atom is 0.311 e. The van der Waals surface area contributed by atoms with Gasteiger partial charge in [0, 0.05) is 11.4 Å². The average molecular weight is 367 g/mol. The molecule has 0 spiro atoms. The Morgan fingerprint density at radius 1 is 1.42 bits per heavy atom. The van der Waals surface area contributed by atoms with Crippen molar-refractivity contribution in [1.82, 2.24) is 9.80 Å². The minimum Gasteiger partial charge on any atom is -0.457 e. The van der Waals surface area contributed by atoms with Gasteiger partial charge in [-0.1, -0.05) is 19.9 Å². The Labute approximate surface area is 151 Å². The van der Waals surface area contributed by atoms with Crippen LogP contribution in [0.15, 0.2) is 17.5 Å². The third kappa shape index (κ3) is 2.45. The molecular weight excluding hydrogens is 344 g/mol. The van der Waals surface area contributed by atoms with Crippen LogP contribution in [0.5, 0.6) is 0 Å². The van der Waals surface area contributed by atoms with Gasteiger partial charge < -0.3 is 19.6 Å². The number of esters is 1. The first kappa shape index (κ1) is 16.3. The highest BCUT2D eigenvalue weighted by Crippen LogP contribution is 2.45. The summed E-state index contributed by atoms with van der Waals surface area (Å²) in [6.07, 6.45) is -0.599. The van der Waals surface area contributed by atoms with Gasteiger partial charge in [0.2, 0.25) is 0 Å². The second-order valence-electron chi connectivity index (χ2n) is 7.33. The van der Waals surface area contributed by atoms with Crippen molar-refractivity contribution in [2.75, 3.05) is 6.54 Å². The molecule has 1 aromatic rings. The number of nitrogens with zero attached hydrogens (tertiary/aromatic N) is 2. The van der Waals surface area contributed by atoms with E-state index >= 15 is 0 Å². The van der Waals surface area contributed by atoms with Crippen molar-refractivity contribution in [1.29, 1.82) is 0 Å². The van der Waals surface area contributed by atoms with E-state index in [1.807, 2.05) is 6.07 Å². The third-order valence-corrected chi connectivity index (χ3v) is 6.54. The van der Waals surface area contributed by atoms with Crippen molar-refractivity contribution in [3.05, 3.63) is 22.4 Å². The molecule has 5 rings (SSSR count). The number of thiocarbonyl (C=S) groups is 1. The molecule has 0 aromatic carbocycles. The first-order valence-corrected chi connectivity index (χ1v) is 9.74. The Morgan fingerprint density at radius 2 is 2.21 bits per heavy atom. The van der Waals surface area contributed by atoms with Gasteiger partial charge in [0.05, 0.1) is 30.7 Å². The van der Waals surface area contributed by atoms with Crippen molar-refractivity contribution in [3.8, 4) is 0 Å². The molecule has 130 valence electrons. The van der Waals surface area contributed by atoms with Gasteiger partial charge in [-0.2, -0.15) is 0 Å². The fraction of sp³-hybridized carbons (Fsp3) is 0.647. The van der Waals surface area contributed by atoms with Crippen molar-refractivity contribution in [2.24, 2.45) is 11.8 Å². The lowest BCUT2D eigenvalue weighted by Crippen LogP contribution is -2.66. The van der Waals surface area contributed by atoms with E-state index in [1.165, 1.54) is 4.88 Å². The van der Waals surface area contributed by atoms with Crippen molar-refractivity contribution in [3.63, 3.8) is 0 Å². The molecule has 3 saturated heterocycles. The number of carbonyl (C=O) groups excluding carboxylic acids is 1. The number of carbonyl (C=O) groups is 1. The molecule has 5 nitrogen and oxygen atoms in total. The van der Waals surface area contributed by atoms with E-state index in [9.17, 15) is 9.90 Å². The normalized spacial score (nSPS) is 34.9. The minimum absolute atomic E-state index is 0.0227. The van der Waals surface area contributed by atoms with Crippen LogP contribution in [0.2, 0.25) is 0 Å². The summed E-state index contributed by atoms with van der Waals surface area (Å²) in [6.45, 7) is 5.86. The fourth-order valence-electron chi connectivity index (χ4n) is 4.32. The second kappa shape index (κ2) is 5.97. The zero-order chi connectivity index (χ0) is 17.0. The number of fused-ring (bicyclic) bond motifs is 2. The molecule has 0 amide bonds. The van der Waals surface area contributed by atoms with Crippen molar-refractivity contribution >= 4 is 34.6 Å². The molecule has 1 saturated carbocycles. The van der Waals surface area contributed by atoms with Gasteiger partial charge in [0.15, 0.2) is 5.11 Å². The molecule has 3 aliphatic heterocycles. The Balaban J connectivity index is 1.70. The highest BCUT2D eigenvalue weighted by molar-refractivity contribution is 7.80. The van der Waals surface area contributed by atoms with E-state index in [4.69, 9.17) is 17.0 Å². The smallest absolute Gasteiger partial charge is 0.311 e. The molecule has 7 heteroatoms. The molecule has 2 bridgehead atoms. The summed E-state index contributed by atoms with van der Waals surface area (Å²) in [4.78, 5) is 17.9. The summed E-state index contributed by atoms with van der Waals surface area (Å²) >= 11 is 7.48. The van der Waals surface area contributed by atoms with Gasteiger partial charge >= 0.3 is 5.97 Å². The summed E-state index contributed by atoms with van der Waals surface area (Å²) in [5.74, 6) is -0.0206. The quantitative estimate of drug-likeness (QED) is 0.648. The number of aliphatic hydroxyl groups excluding tert-OH is 1. The van der Waals surface area contributed by atoms with E-state index < -0.39 is 12.2 Å². The summed E-state index contributed by atoms with van der Waals surface area (Å²) in [5, 5.41) is 13.2. The Morgan fingerprint density at radius 3 is 2.88 bits per heavy atom. The molecular formula is C17H22N2O3S2. The van der Waals surface area contributed by atoms with Crippen LogP contribution in [-0.2, 0) is 16.1 Å². The predicted octanol–water partition coefficient (Wildman–Crippen LogP) is 1.85. The monoisotopic (exact) mass is 366 g/mol. The summed E-state index contributed by atoms with van der Waals surface area (Å²) < 4.78 is 5.55. The average Bonchev–Trinajstić information content (AvgIpc) is 3.12. The first-order valence-electron chi connectivity index (χ1n) is 8.45. The number of hydrogen-bond donors (Lipinski definition) is 1. The van der Waals surface area contributed by atoms with Crippen molar-refractivity contribution < 1.29 is 14.6 Å². The van der Waals surface area contributed by atoms with Gasteiger partial charge in [-0.3, -0.25) is 4.79 Å². The summed E-state index contributed by atoms with van der Waals surface area (Å²) in [5.41, 5.74) is 0. The molecule has 4 fully saturated rings. The summed E-state index contributed by atoms with van der Waals surface area (Å²) in [6, 6.07) is 4.10. The first-order chi connectivity index (χ1) is 11.5. The van der Waals surface area contributed by atoms with E-state index in [1.54, 1.807) is 11.3 Å². The molecule has 24 heavy (non-hydrogen) atoms. The second-order valence-corrected chi connectivity index (χ2v) is 8.73. The van der Waals surface area contributed by atoms with Gasteiger partial charge in [0.1, 0.15) is 6.10 Å². The van der Waals surface area contributed by atoms with E-state index in [0.29, 0.717) is 18.9 Å². The number of ether oxygens (including phenoxy) is 1. The standard InChI is InChI=1S/C17H22N2O3S2/c1-9(2)7-18-13-11-6-12(20)15(22-16(11)21)14(13)19(17(18)23)8-10-4-3-5-24-10/h3-5,9,11-15,20H,6-8H2,1-2H3/t11-,12+,13-,14+,15-/m0/s1. The number of rotatable bonds is 4. The Kier molecular flexibility index (Phi) is 4.05. The fourth-order valence-corrected chi connectivity index (χ4v) is 5.40. The van der Waals surface area contributed by atoms with E-state index in [2.05, 4.69) is 35.1 Å². The van der Waals surface area contributed by atoms with Crippen LogP contribution in [0.25, 0.3) is 0 Å². The van der Waals surface area contributed by atoms with Gasteiger partial charge in [0.25, 0.3) is 0 Å². The zero-order valence-electron chi connectivity index (χ0n) is 13.8. The van der Waals surface area contributed by atoms with Crippen LogP contribution in [0.3, 0.4) is 0 Å². The molecule has 4 aliphatic rings. The lowest BCUT2D eigenvalue weighted by atomic mass is 9.74. The molecule has 4 heterocycles. The molecule has 0 unspecified atom stereocenters. The SMILES string of the molecule is CC(C)CN1C(=S)N(Cc2cccs2)[C@H]2[C@H]3OC(=O)[C@@H](C[C@H]3O)[C@@H]21. The van der Waals surface area contributed by atoms with Crippen molar-refractivity contribution in [2.45, 2.75) is 51.1 Å². The number of hydrogen-bond acceptors (Lipinski definition) is 5. The molecule has 1 aromatic heterocycles. The largest absolute Gasteiger partial charge is 0.457 e. The van der Waals surface area contributed by atoms with Crippen LogP contribution in [0.4, 0.5) is 0 Å². The number of aliphatic hydroxyl groups is 1. The highest BCUT2D eigenvalue weighted by Gasteiger charge is 2.62. The van der Waals surface area contributed by atoms with Crippen LogP contribution < -0.4 is 0 Å². The maximum absolute atomic E-state index is 12.3. The van der Waals surface area contributed by atoms with Gasteiger partial charge in [-0.15, -0.1) is 11.3 Å². The topological polar surface area (TPSA) is 53.0 Å². The van der Waals surface area contributed by atoms with Crippen LogP contribution in [-0.4, -0.2) is 56.8 Å². The van der Waals surface area contributed by atoms with Gasteiger partial charge in [-0.05, 0) is 36.0 Å². The predicted molar refractivity (Wildman–Crippen MR) is 95.6 cm³/mol. The maximum atomic E-state index is 12.3. The van der Waals surface area contributed by atoms with E-state index in [0.717, 1.165) is 11.7 Å². The molecule has 1 N–H and O–H groups in total. The number of thiophene rings is 1. The molecule has 5 atom stereocenters. The lowest BCUT2D eigenvalue weighted by Gasteiger charge is -2.49. The van der Waals surface area contributed by atoms with Crippen LogP contribution in [0.1, 0.15) is 25.1 Å². The highest BCUT2D eigenvalue weighted by atomic mass is 32.1. The van der Waals surface area contributed by atoms with E-state index in [-0.39, 0.29) is 24.0 Å². The third-order valence-electron chi connectivity index (χ3n) is 5.21. The molecule has 0 radical (unpaired) electrons. The Hall–Kier alpha value is -1.18. The molecule has 1 aliphatic carbocycles.